The Morgan fingerprint density at radius 3 is 2.17 bits per heavy atom. The summed E-state index contributed by atoms with van der Waals surface area (Å²) in [5.74, 6) is -0.523. The standard InChI is InChI=1S/C19H27NO2S/c1-14(17(21)22)11-15-12-18(2,3)20(19(4,5)13-15)23-16-9-7-6-8-10-16/h6-11,15H,12-13H2,1-5H3,(H,21,22)/b14-11+. The Hall–Kier alpha value is -1.26. The lowest BCUT2D eigenvalue weighted by molar-refractivity contribution is -0.132. The van der Waals surface area contributed by atoms with Crippen LogP contribution in [0.1, 0.15) is 47.5 Å². The molecule has 4 heteroatoms. The summed E-state index contributed by atoms with van der Waals surface area (Å²) in [5, 5.41) is 9.14. The van der Waals surface area contributed by atoms with E-state index in [-0.39, 0.29) is 11.1 Å². The van der Waals surface area contributed by atoms with Gasteiger partial charge in [-0.15, -0.1) is 0 Å². The van der Waals surface area contributed by atoms with Gasteiger partial charge >= 0.3 is 5.97 Å². The van der Waals surface area contributed by atoms with E-state index in [2.05, 4.69) is 56.3 Å². The van der Waals surface area contributed by atoms with Crippen LogP contribution in [0.5, 0.6) is 0 Å². The highest BCUT2D eigenvalue weighted by Crippen LogP contribution is 2.47. The molecule has 0 amide bonds. The quantitative estimate of drug-likeness (QED) is 0.622. The van der Waals surface area contributed by atoms with Crippen LogP contribution in [0.25, 0.3) is 0 Å². The summed E-state index contributed by atoms with van der Waals surface area (Å²) in [6, 6.07) is 10.4. The molecule has 1 N–H and O–H groups in total. The molecule has 1 fully saturated rings. The molecule has 1 aromatic carbocycles. The first-order chi connectivity index (χ1) is 10.6. The normalized spacial score (nSPS) is 22.0. The molecule has 0 radical (unpaired) electrons. The molecule has 0 bridgehead atoms. The number of carboxylic acid groups (broad SMARTS) is 1. The highest BCUT2D eigenvalue weighted by Gasteiger charge is 2.45. The zero-order valence-corrected chi connectivity index (χ0v) is 15.5. The summed E-state index contributed by atoms with van der Waals surface area (Å²) in [5.41, 5.74) is 0.426. The minimum Gasteiger partial charge on any atom is -0.478 e. The van der Waals surface area contributed by atoms with Crippen molar-refractivity contribution in [2.75, 3.05) is 0 Å². The van der Waals surface area contributed by atoms with E-state index in [9.17, 15) is 4.79 Å². The molecule has 0 aliphatic carbocycles. The van der Waals surface area contributed by atoms with Gasteiger partial charge in [0.05, 0.1) is 0 Å². The lowest BCUT2D eigenvalue weighted by atomic mass is 9.75. The van der Waals surface area contributed by atoms with Gasteiger partial charge in [0.1, 0.15) is 0 Å². The van der Waals surface area contributed by atoms with Crippen LogP contribution in [0, 0.1) is 5.92 Å². The molecule has 0 atom stereocenters. The van der Waals surface area contributed by atoms with Crippen molar-refractivity contribution in [3.8, 4) is 0 Å². The van der Waals surface area contributed by atoms with Crippen LogP contribution in [0.3, 0.4) is 0 Å². The fraction of sp³-hybridized carbons (Fsp3) is 0.526. The molecule has 1 saturated heterocycles. The van der Waals surface area contributed by atoms with Crippen molar-refractivity contribution in [3.05, 3.63) is 42.0 Å². The third kappa shape index (κ3) is 4.39. The SMILES string of the molecule is C/C(=C\C1CC(C)(C)N(Sc2ccccc2)C(C)(C)C1)C(=O)O. The first-order valence-corrected chi connectivity index (χ1v) is 8.84. The van der Waals surface area contributed by atoms with E-state index >= 15 is 0 Å². The molecule has 1 aromatic rings. The molecule has 3 nitrogen and oxygen atoms in total. The smallest absolute Gasteiger partial charge is 0.330 e. The summed E-state index contributed by atoms with van der Waals surface area (Å²) >= 11 is 1.80. The number of hydrogen-bond acceptors (Lipinski definition) is 3. The summed E-state index contributed by atoms with van der Waals surface area (Å²) in [4.78, 5) is 12.4. The number of rotatable bonds is 4. The Kier molecular flexibility index (Phi) is 5.27. The Balaban J connectivity index is 2.23. The van der Waals surface area contributed by atoms with E-state index in [1.807, 2.05) is 12.1 Å². The van der Waals surface area contributed by atoms with Crippen molar-refractivity contribution in [1.82, 2.24) is 4.31 Å². The zero-order chi connectivity index (χ0) is 17.3. The Morgan fingerprint density at radius 1 is 1.17 bits per heavy atom. The lowest BCUT2D eigenvalue weighted by Gasteiger charge is -2.54. The van der Waals surface area contributed by atoms with E-state index in [1.54, 1.807) is 18.9 Å². The number of hydrogen-bond donors (Lipinski definition) is 1. The topological polar surface area (TPSA) is 40.5 Å². The van der Waals surface area contributed by atoms with Crippen molar-refractivity contribution in [2.24, 2.45) is 5.92 Å². The largest absolute Gasteiger partial charge is 0.478 e. The number of piperidine rings is 1. The van der Waals surface area contributed by atoms with Gasteiger partial charge in [-0.05, 0) is 77.5 Å². The molecule has 126 valence electrons. The third-order valence-corrected chi connectivity index (χ3v) is 6.04. The highest BCUT2D eigenvalue weighted by molar-refractivity contribution is 7.97. The molecular formula is C19H27NO2S. The lowest BCUT2D eigenvalue weighted by Crippen LogP contribution is -2.56. The molecule has 1 aliphatic rings. The van der Waals surface area contributed by atoms with Crippen LogP contribution in [0.15, 0.2) is 46.9 Å². The van der Waals surface area contributed by atoms with Crippen LogP contribution in [-0.2, 0) is 4.79 Å². The summed E-state index contributed by atoms with van der Waals surface area (Å²) in [6.45, 7) is 10.7. The number of aliphatic carboxylic acids is 1. The van der Waals surface area contributed by atoms with Crippen molar-refractivity contribution in [1.29, 1.82) is 0 Å². The summed E-state index contributed by atoms with van der Waals surface area (Å²) in [7, 11) is 0. The predicted octanol–water partition coefficient (Wildman–Crippen LogP) is 4.99. The minimum absolute atomic E-state index is 0.0117. The maximum atomic E-state index is 11.1. The van der Waals surface area contributed by atoms with Gasteiger partial charge in [-0.3, -0.25) is 0 Å². The molecule has 23 heavy (non-hydrogen) atoms. The maximum Gasteiger partial charge on any atom is 0.330 e. The third-order valence-electron chi connectivity index (χ3n) is 4.39. The number of benzene rings is 1. The van der Waals surface area contributed by atoms with Crippen molar-refractivity contribution in [2.45, 2.75) is 63.4 Å². The minimum atomic E-state index is -0.818. The van der Waals surface area contributed by atoms with Crippen LogP contribution in [0.4, 0.5) is 0 Å². The average molecular weight is 333 g/mol. The van der Waals surface area contributed by atoms with E-state index in [0.29, 0.717) is 11.5 Å². The zero-order valence-electron chi connectivity index (χ0n) is 14.7. The summed E-state index contributed by atoms with van der Waals surface area (Å²) in [6.07, 6.45) is 3.86. The Labute approximate surface area is 143 Å². The number of carboxylic acids is 1. The second-order valence-corrected chi connectivity index (χ2v) is 8.67. The average Bonchev–Trinajstić information content (AvgIpc) is 2.43. The van der Waals surface area contributed by atoms with Gasteiger partial charge in [0.15, 0.2) is 0 Å². The molecule has 1 heterocycles. The fourth-order valence-electron chi connectivity index (χ4n) is 3.72. The molecule has 1 aliphatic heterocycles. The second kappa shape index (κ2) is 6.70. The molecular weight excluding hydrogens is 306 g/mol. The van der Waals surface area contributed by atoms with E-state index in [4.69, 9.17) is 5.11 Å². The van der Waals surface area contributed by atoms with Crippen molar-refractivity contribution >= 4 is 17.9 Å². The number of allylic oxidation sites excluding steroid dienone is 1. The van der Waals surface area contributed by atoms with Gasteiger partial charge in [-0.2, -0.15) is 0 Å². The number of nitrogens with zero attached hydrogens (tertiary/aromatic N) is 1. The van der Waals surface area contributed by atoms with Gasteiger partial charge in [0.25, 0.3) is 0 Å². The van der Waals surface area contributed by atoms with Crippen LogP contribution < -0.4 is 0 Å². The van der Waals surface area contributed by atoms with Gasteiger partial charge in [-0.25, -0.2) is 9.10 Å². The molecule has 0 aromatic heterocycles. The second-order valence-electron chi connectivity index (χ2n) is 7.65. The van der Waals surface area contributed by atoms with Crippen LogP contribution in [-0.4, -0.2) is 26.5 Å². The fourth-order valence-corrected chi connectivity index (χ4v) is 4.85. The van der Waals surface area contributed by atoms with Gasteiger partial charge in [-0.1, -0.05) is 24.3 Å². The summed E-state index contributed by atoms with van der Waals surface area (Å²) < 4.78 is 2.48. The number of carbonyl (C=O) groups is 1. The van der Waals surface area contributed by atoms with Gasteiger partial charge < -0.3 is 5.11 Å². The van der Waals surface area contributed by atoms with Gasteiger partial charge in [0.2, 0.25) is 0 Å². The van der Waals surface area contributed by atoms with Crippen LogP contribution >= 0.6 is 11.9 Å². The first kappa shape index (κ1) is 18.1. The first-order valence-electron chi connectivity index (χ1n) is 8.07. The predicted molar refractivity (Wildman–Crippen MR) is 96.4 cm³/mol. The van der Waals surface area contributed by atoms with Crippen molar-refractivity contribution in [3.63, 3.8) is 0 Å². The van der Waals surface area contributed by atoms with Crippen molar-refractivity contribution < 1.29 is 9.90 Å². The molecule has 0 saturated carbocycles. The van der Waals surface area contributed by atoms with Gasteiger partial charge in [0, 0.05) is 21.5 Å². The van der Waals surface area contributed by atoms with E-state index < -0.39 is 5.97 Å². The molecule has 2 rings (SSSR count). The highest BCUT2D eigenvalue weighted by atomic mass is 32.2. The Bertz CT molecular complexity index is 575. The molecule has 0 unspecified atom stereocenters. The van der Waals surface area contributed by atoms with Crippen LogP contribution in [0.2, 0.25) is 0 Å². The van der Waals surface area contributed by atoms with E-state index in [1.165, 1.54) is 4.90 Å². The van der Waals surface area contributed by atoms with E-state index in [0.717, 1.165) is 12.8 Å². The Morgan fingerprint density at radius 2 is 1.70 bits per heavy atom. The maximum absolute atomic E-state index is 11.1. The molecule has 0 spiro atoms. The monoisotopic (exact) mass is 333 g/mol.